The van der Waals surface area contributed by atoms with Crippen LogP contribution in [0.5, 0.6) is 0 Å². The Kier molecular flexibility index (Phi) is 5.08. The Balaban J connectivity index is 1.73. The van der Waals surface area contributed by atoms with Gasteiger partial charge >= 0.3 is 0 Å². The lowest BCUT2D eigenvalue weighted by atomic mass is 10.1. The van der Waals surface area contributed by atoms with Crippen molar-refractivity contribution in [1.29, 1.82) is 0 Å². The molecule has 1 aromatic carbocycles. The van der Waals surface area contributed by atoms with E-state index in [1.54, 1.807) is 35.2 Å². The predicted octanol–water partition coefficient (Wildman–Crippen LogP) is 2.46. The van der Waals surface area contributed by atoms with Gasteiger partial charge in [-0.15, -0.1) is 0 Å². The van der Waals surface area contributed by atoms with Gasteiger partial charge in [0.2, 0.25) is 0 Å². The van der Waals surface area contributed by atoms with E-state index >= 15 is 0 Å². The Morgan fingerprint density at radius 1 is 1.17 bits per heavy atom. The van der Waals surface area contributed by atoms with Crippen LogP contribution in [0.2, 0.25) is 5.02 Å². The minimum atomic E-state index is -0.381. The van der Waals surface area contributed by atoms with Gasteiger partial charge in [-0.25, -0.2) is 0 Å². The van der Waals surface area contributed by atoms with Gasteiger partial charge in [-0.1, -0.05) is 17.7 Å². The first-order valence-corrected chi connectivity index (χ1v) is 7.91. The Bertz CT molecular complexity index is 760. The third-order valence-corrected chi connectivity index (χ3v) is 3.86. The predicted molar refractivity (Wildman–Crippen MR) is 90.4 cm³/mol. The summed E-state index contributed by atoms with van der Waals surface area (Å²) in [6.07, 6.45) is 1.47. The zero-order valence-corrected chi connectivity index (χ0v) is 13.6. The lowest BCUT2D eigenvalue weighted by molar-refractivity contribution is 0.0303. The van der Waals surface area contributed by atoms with Gasteiger partial charge in [0.15, 0.2) is 0 Å². The number of amides is 2. The van der Waals surface area contributed by atoms with Crippen LogP contribution < -0.4 is 5.32 Å². The minimum Gasteiger partial charge on any atom is -0.378 e. The molecule has 2 amide bonds. The van der Waals surface area contributed by atoms with Crippen molar-refractivity contribution in [3.63, 3.8) is 0 Å². The molecule has 1 aliphatic rings. The highest BCUT2D eigenvalue weighted by atomic mass is 35.5. The Morgan fingerprint density at radius 3 is 2.71 bits per heavy atom. The van der Waals surface area contributed by atoms with Crippen molar-refractivity contribution in [2.75, 3.05) is 31.6 Å². The van der Waals surface area contributed by atoms with Crippen LogP contribution >= 0.6 is 11.6 Å². The molecule has 0 radical (unpaired) electrons. The van der Waals surface area contributed by atoms with E-state index in [2.05, 4.69) is 10.3 Å². The summed E-state index contributed by atoms with van der Waals surface area (Å²) in [6, 6.07) is 9.91. The Hall–Kier alpha value is -2.44. The number of pyridine rings is 1. The molecule has 1 aromatic heterocycles. The number of nitrogens with zero attached hydrogens (tertiary/aromatic N) is 2. The van der Waals surface area contributed by atoms with Crippen LogP contribution in [0.3, 0.4) is 0 Å². The first kappa shape index (κ1) is 16.4. The number of carbonyl (C=O) groups excluding carboxylic acids is 2. The van der Waals surface area contributed by atoms with E-state index in [-0.39, 0.29) is 17.5 Å². The summed E-state index contributed by atoms with van der Waals surface area (Å²) in [7, 11) is 0. The maximum atomic E-state index is 12.5. The van der Waals surface area contributed by atoms with Crippen molar-refractivity contribution in [3.8, 4) is 0 Å². The highest BCUT2D eigenvalue weighted by Crippen LogP contribution is 2.15. The molecule has 2 aromatic rings. The number of aromatic nitrogens is 1. The molecule has 124 valence electrons. The number of nitrogens with one attached hydrogen (secondary N) is 1. The second-order valence-electron chi connectivity index (χ2n) is 5.30. The Labute approximate surface area is 144 Å². The fourth-order valence-electron chi connectivity index (χ4n) is 2.40. The number of ether oxygens (including phenoxy) is 1. The van der Waals surface area contributed by atoms with Crippen molar-refractivity contribution < 1.29 is 14.3 Å². The van der Waals surface area contributed by atoms with Crippen LogP contribution in [-0.4, -0.2) is 48.0 Å². The molecule has 3 rings (SSSR count). The lowest BCUT2D eigenvalue weighted by Crippen LogP contribution is -2.40. The van der Waals surface area contributed by atoms with E-state index in [0.717, 1.165) is 0 Å². The van der Waals surface area contributed by atoms with Crippen molar-refractivity contribution >= 4 is 29.1 Å². The summed E-state index contributed by atoms with van der Waals surface area (Å²) in [6.45, 7) is 2.23. The van der Waals surface area contributed by atoms with Gasteiger partial charge in [-0.3, -0.25) is 14.6 Å². The quantitative estimate of drug-likeness (QED) is 0.927. The maximum Gasteiger partial charge on any atom is 0.274 e. The Morgan fingerprint density at radius 2 is 1.96 bits per heavy atom. The zero-order valence-electron chi connectivity index (χ0n) is 12.9. The summed E-state index contributed by atoms with van der Waals surface area (Å²) < 4.78 is 5.25. The number of hydrogen-bond donors (Lipinski definition) is 1. The zero-order chi connectivity index (χ0) is 16.9. The summed E-state index contributed by atoms with van der Waals surface area (Å²) in [5, 5.41) is 3.16. The van der Waals surface area contributed by atoms with Gasteiger partial charge in [0.25, 0.3) is 11.8 Å². The van der Waals surface area contributed by atoms with Gasteiger partial charge in [0.1, 0.15) is 5.69 Å². The van der Waals surface area contributed by atoms with Crippen LogP contribution in [0.15, 0.2) is 42.6 Å². The topological polar surface area (TPSA) is 71.5 Å². The smallest absolute Gasteiger partial charge is 0.274 e. The molecular formula is C17H16ClN3O3. The molecule has 0 unspecified atom stereocenters. The third kappa shape index (κ3) is 3.90. The first-order chi connectivity index (χ1) is 11.6. The monoisotopic (exact) mass is 345 g/mol. The average Bonchev–Trinajstić information content (AvgIpc) is 2.62. The van der Waals surface area contributed by atoms with Gasteiger partial charge in [0.05, 0.1) is 13.2 Å². The van der Waals surface area contributed by atoms with Gasteiger partial charge in [-0.05, 0) is 30.3 Å². The molecule has 1 aliphatic heterocycles. The van der Waals surface area contributed by atoms with E-state index < -0.39 is 0 Å². The SMILES string of the molecule is O=C(Nc1cccc(C(=O)N2CCOCC2)c1)c1cc(Cl)ccn1. The van der Waals surface area contributed by atoms with Crippen LogP contribution in [0.1, 0.15) is 20.8 Å². The number of halogens is 1. The third-order valence-electron chi connectivity index (χ3n) is 3.62. The molecule has 6 nitrogen and oxygen atoms in total. The fraction of sp³-hybridized carbons (Fsp3) is 0.235. The maximum absolute atomic E-state index is 12.5. The van der Waals surface area contributed by atoms with E-state index in [1.165, 1.54) is 12.3 Å². The molecule has 1 saturated heterocycles. The number of hydrogen-bond acceptors (Lipinski definition) is 4. The summed E-state index contributed by atoms with van der Waals surface area (Å²) in [5.74, 6) is -0.455. The number of carbonyl (C=O) groups is 2. The standard InChI is InChI=1S/C17H16ClN3O3/c18-13-4-5-19-15(11-13)16(22)20-14-3-1-2-12(10-14)17(23)21-6-8-24-9-7-21/h1-5,10-11H,6-9H2,(H,20,22). The van der Waals surface area contributed by atoms with E-state index in [1.807, 2.05) is 0 Å². The highest BCUT2D eigenvalue weighted by Gasteiger charge is 2.19. The van der Waals surface area contributed by atoms with E-state index in [9.17, 15) is 9.59 Å². The minimum absolute atomic E-state index is 0.0738. The number of morpholine rings is 1. The van der Waals surface area contributed by atoms with Crippen molar-refractivity contribution in [2.24, 2.45) is 0 Å². The van der Waals surface area contributed by atoms with Crippen molar-refractivity contribution in [1.82, 2.24) is 9.88 Å². The number of benzene rings is 1. The molecule has 1 fully saturated rings. The van der Waals surface area contributed by atoms with Gasteiger partial charge < -0.3 is 15.0 Å². The van der Waals surface area contributed by atoms with Crippen LogP contribution in [0.4, 0.5) is 5.69 Å². The highest BCUT2D eigenvalue weighted by molar-refractivity contribution is 6.30. The average molecular weight is 346 g/mol. The molecule has 0 aliphatic carbocycles. The molecule has 1 N–H and O–H groups in total. The molecule has 0 atom stereocenters. The second-order valence-corrected chi connectivity index (χ2v) is 5.74. The van der Waals surface area contributed by atoms with E-state index in [0.29, 0.717) is 42.6 Å². The molecule has 0 saturated carbocycles. The van der Waals surface area contributed by atoms with E-state index in [4.69, 9.17) is 16.3 Å². The summed E-state index contributed by atoms with van der Waals surface area (Å²) in [5.41, 5.74) is 1.27. The molecule has 0 bridgehead atoms. The normalized spacial score (nSPS) is 14.3. The molecular weight excluding hydrogens is 330 g/mol. The number of rotatable bonds is 3. The van der Waals surface area contributed by atoms with Crippen molar-refractivity contribution in [2.45, 2.75) is 0 Å². The first-order valence-electron chi connectivity index (χ1n) is 7.53. The van der Waals surface area contributed by atoms with Crippen LogP contribution in [0.25, 0.3) is 0 Å². The molecule has 7 heteroatoms. The van der Waals surface area contributed by atoms with Crippen LogP contribution in [0, 0.1) is 0 Å². The molecule has 0 spiro atoms. The summed E-state index contributed by atoms with van der Waals surface area (Å²) >= 11 is 5.86. The van der Waals surface area contributed by atoms with Crippen molar-refractivity contribution in [3.05, 3.63) is 58.9 Å². The van der Waals surface area contributed by atoms with Gasteiger partial charge in [-0.2, -0.15) is 0 Å². The second kappa shape index (κ2) is 7.42. The largest absolute Gasteiger partial charge is 0.378 e. The molecule has 24 heavy (non-hydrogen) atoms. The molecule has 2 heterocycles. The fourth-order valence-corrected chi connectivity index (χ4v) is 2.56. The number of anilines is 1. The summed E-state index contributed by atoms with van der Waals surface area (Å²) in [4.78, 5) is 30.4. The van der Waals surface area contributed by atoms with Gasteiger partial charge in [0, 0.05) is 35.6 Å². The lowest BCUT2D eigenvalue weighted by Gasteiger charge is -2.27. The van der Waals surface area contributed by atoms with Crippen LogP contribution in [-0.2, 0) is 4.74 Å².